The predicted octanol–water partition coefficient (Wildman–Crippen LogP) is 1.36. The molecule has 1 heterocycles. The van der Waals surface area contributed by atoms with E-state index in [0.29, 0.717) is 31.8 Å². The summed E-state index contributed by atoms with van der Waals surface area (Å²) in [4.78, 5) is 21.8. The molecule has 0 aliphatic carbocycles. The molecule has 2 unspecified atom stereocenters. The summed E-state index contributed by atoms with van der Waals surface area (Å²) in [7, 11) is 0. The van der Waals surface area contributed by atoms with Crippen LogP contribution in [0, 0.1) is 5.92 Å². The summed E-state index contributed by atoms with van der Waals surface area (Å²) < 4.78 is 5.56. The van der Waals surface area contributed by atoms with Crippen LogP contribution in [0.4, 0.5) is 4.79 Å². The second-order valence-corrected chi connectivity index (χ2v) is 4.85. The Balaban J connectivity index is 2.03. The van der Waals surface area contributed by atoms with Crippen molar-refractivity contribution in [2.24, 2.45) is 5.92 Å². The van der Waals surface area contributed by atoms with Gasteiger partial charge in [0, 0.05) is 32.0 Å². The first-order chi connectivity index (χ1) is 9.13. The number of carbonyl (C=O) groups excluding carboxylic acids is 1. The molecule has 0 aromatic heterocycles. The van der Waals surface area contributed by atoms with E-state index in [2.05, 4.69) is 17.6 Å². The maximum atomic E-state index is 11.5. The standard InChI is InChI=1S/C13H24N2O4/c1-2-11-10(6-8-19-11)9-15-13(18)14-7-4-3-5-12(16)17/h10-11H,2-9H2,1H3,(H,16,17)(H2,14,15,18). The molecule has 1 rings (SSSR count). The Morgan fingerprint density at radius 3 is 2.79 bits per heavy atom. The fourth-order valence-corrected chi connectivity index (χ4v) is 2.27. The van der Waals surface area contributed by atoms with Crippen LogP contribution in [0.2, 0.25) is 0 Å². The van der Waals surface area contributed by atoms with Gasteiger partial charge in [-0.15, -0.1) is 0 Å². The van der Waals surface area contributed by atoms with Crippen molar-refractivity contribution in [1.82, 2.24) is 10.6 Å². The van der Waals surface area contributed by atoms with E-state index < -0.39 is 5.97 Å². The van der Waals surface area contributed by atoms with E-state index in [-0.39, 0.29) is 18.6 Å². The smallest absolute Gasteiger partial charge is 0.314 e. The van der Waals surface area contributed by atoms with Crippen molar-refractivity contribution < 1.29 is 19.4 Å². The Labute approximate surface area is 113 Å². The Bertz CT molecular complexity index is 296. The molecule has 0 bridgehead atoms. The van der Waals surface area contributed by atoms with E-state index in [1.165, 1.54) is 0 Å². The number of unbranched alkanes of at least 4 members (excludes halogenated alkanes) is 1. The minimum atomic E-state index is -0.795. The van der Waals surface area contributed by atoms with Gasteiger partial charge in [0.2, 0.25) is 0 Å². The van der Waals surface area contributed by atoms with Crippen molar-refractivity contribution in [2.75, 3.05) is 19.7 Å². The van der Waals surface area contributed by atoms with Gasteiger partial charge in [-0.2, -0.15) is 0 Å². The molecule has 0 saturated carbocycles. The van der Waals surface area contributed by atoms with Crippen LogP contribution >= 0.6 is 0 Å². The van der Waals surface area contributed by atoms with Crippen LogP contribution in [0.15, 0.2) is 0 Å². The lowest BCUT2D eigenvalue weighted by Gasteiger charge is -2.17. The molecule has 1 saturated heterocycles. The first kappa shape index (κ1) is 15.8. The van der Waals surface area contributed by atoms with Crippen LogP contribution in [-0.4, -0.2) is 42.9 Å². The van der Waals surface area contributed by atoms with Crippen molar-refractivity contribution in [3.05, 3.63) is 0 Å². The molecule has 19 heavy (non-hydrogen) atoms. The second kappa shape index (κ2) is 8.74. The highest BCUT2D eigenvalue weighted by molar-refractivity contribution is 5.73. The molecular weight excluding hydrogens is 248 g/mol. The third-order valence-electron chi connectivity index (χ3n) is 3.38. The average Bonchev–Trinajstić information content (AvgIpc) is 2.83. The minimum Gasteiger partial charge on any atom is -0.481 e. The lowest BCUT2D eigenvalue weighted by molar-refractivity contribution is -0.137. The fraction of sp³-hybridized carbons (Fsp3) is 0.846. The van der Waals surface area contributed by atoms with Gasteiger partial charge in [-0.05, 0) is 25.7 Å². The molecule has 0 radical (unpaired) electrons. The molecule has 1 aliphatic rings. The van der Waals surface area contributed by atoms with Crippen molar-refractivity contribution in [3.63, 3.8) is 0 Å². The zero-order valence-corrected chi connectivity index (χ0v) is 11.5. The van der Waals surface area contributed by atoms with Gasteiger partial charge in [-0.3, -0.25) is 4.79 Å². The predicted molar refractivity (Wildman–Crippen MR) is 71.0 cm³/mol. The fourth-order valence-electron chi connectivity index (χ4n) is 2.27. The van der Waals surface area contributed by atoms with E-state index in [1.54, 1.807) is 0 Å². The van der Waals surface area contributed by atoms with Crippen LogP contribution in [0.25, 0.3) is 0 Å². The number of hydrogen-bond acceptors (Lipinski definition) is 3. The highest BCUT2D eigenvalue weighted by Crippen LogP contribution is 2.22. The lowest BCUT2D eigenvalue weighted by Crippen LogP contribution is -2.40. The largest absolute Gasteiger partial charge is 0.481 e. The Hall–Kier alpha value is -1.30. The minimum absolute atomic E-state index is 0.154. The average molecular weight is 272 g/mol. The first-order valence-electron chi connectivity index (χ1n) is 6.98. The van der Waals surface area contributed by atoms with Gasteiger partial charge in [0.15, 0.2) is 0 Å². The molecule has 0 aromatic rings. The maximum absolute atomic E-state index is 11.5. The molecule has 6 heteroatoms. The third-order valence-corrected chi connectivity index (χ3v) is 3.38. The summed E-state index contributed by atoms with van der Waals surface area (Å²) in [6.45, 7) is 4.02. The normalized spacial score (nSPS) is 22.2. The first-order valence-corrected chi connectivity index (χ1v) is 6.98. The van der Waals surface area contributed by atoms with Gasteiger partial charge in [0.05, 0.1) is 6.10 Å². The quantitative estimate of drug-likeness (QED) is 0.582. The van der Waals surface area contributed by atoms with Crippen LogP contribution in [0.1, 0.15) is 39.0 Å². The monoisotopic (exact) mass is 272 g/mol. The molecule has 0 aromatic carbocycles. The second-order valence-electron chi connectivity index (χ2n) is 4.85. The van der Waals surface area contributed by atoms with Crippen LogP contribution < -0.4 is 10.6 Å². The summed E-state index contributed by atoms with van der Waals surface area (Å²) in [5.74, 6) is -0.390. The molecule has 6 nitrogen and oxygen atoms in total. The molecule has 1 aliphatic heterocycles. The van der Waals surface area contributed by atoms with Crippen LogP contribution in [0.3, 0.4) is 0 Å². The third kappa shape index (κ3) is 6.42. The molecule has 2 atom stereocenters. The maximum Gasteiger partial charge on any atom is 0.314 e. The van der Waals surface area contributed by atoms with Gasteiger partial charge < -0.3 is 20.5 Å². The lowest BCUT2D eigenvalue weighted by atomic mass is 10.00. The van der Waals surface area contributed by atoms with Gasteiger partial charge in [-0.1, -0.05) is 6.92 Å². The van der Waals surface area contributed by atoms with Crippen LogP contribution in [0.5, 0.6) is 0 Å². The van der Waals surface area contributed by atoms with E-state index in [9.17, 15) is 9.59 Å². The summed E-state index contributed by atoms with van der Waals surface area (Å²) in [5, 5.41) is 14.0. The van der Waals surface area contributed by atoms with Gasteiger partial charge in [0.25, 0.3) is 0 Å². The number of hydrogen-bond donors (Lipinski definition) is 3. The molecule has 0 spiro atoms. The molecule has 110 valence electrons. The topological polar surface area (TPSA) is 87.7 Å². The van der Waals surface area contributed by atoms with E-state index in [1.807, 2.05) is 0 Å². The van der Waals surface area contributed by atoms with E-state index in [0.717, 1.165) is 19.4 Å². The number of aliphatic carboxylic acids is 1. The number of ether oxygens (including phenoxy) is 1. The highest BCUT2D eigenvalue weighted by atomic mass is 16.5. The number of rotatable bonds is 8. The summed E-state index contributed by atoms with van der Waals surface area (Å²) >= 11 is 0. The zero-order valence-electron chi connectivity index (χ0n) is 11.5. The Morgan fingerprint density at radius 2 is 2.11 bits per heavy atom. The molecule has 1 fully saturated rings. The number of carboxylic acids is 1. The number of carboxylic acid groups (broad SMARTS) is 1. The van der Waals surface area contributed by atoms with Crippen molar-refractivity contribution in [3.8, 4) is 0 Å². The Kier molecular flexibility index (Phi) is 7.25. The molecule has 3 N–H and O–H groups in total. The summed E-state index contributed by atoms with van der Waals surface area (Å²) in [6.07, 6.45) is 3.66. The van der Waals surface area contributed by atoms with Crippen molar-refractivity contribution in [2.45, 2.75) is 45.1 Å². The van der Waals surface area contributed by atoms with Gasteiger partial charge in [0.1, 0.15) is 0 Å². The van der Waals surface area contributed by atoms with Crippen molar-refractivity contribution >= 4 is 12.0 Å². The number of carbonyl (C=O) groups is 2. The molecular formula is C13H24N2O4. The van der Waals surface area contributed by atoms with Gasteiger partial charge >= 0.3 is 12.0 Å². The van der Waals surface area contributed by atoms with Crippen LogP contribution in [-0.2, 0) is 9.53 Å². The van der Waals surface area contributed by atoms with Gasteiger partial charge in [-0.25, -0.2) is 4.79 Å². The number of nitrogens with one attached hydrogen (secondary N) is 2. The zero-order chi connectivity index (χ0) is 14.1. The SMILES string of the molecule is CCC1OCCC1CNC(=O)NCCCCC(=O)O. The summed E-state index contributed by atoms with van der Waals surface area (Å²) in [5.41, 5.74) is 0. The highest BCUT2D eigenvalue weighted by Gasteiger charge is 2.26. The summed E-state index contributed by atoms with van der Waals surface area (Å²) in [6, 6.07) is -0.183. The number of amides is 2. The van der Waals surface area contributed by atoms with E-state index >= 15 is 0 Å². The van der Waals surface area contributed by atoms with Crippen molar-refractivity contribution in [1.29, 1.82) is 0 Å². The van der Waals surface area contributed by atoms with E-state index in [4.69, 9.17) is 9.84 Å². The molecule has 2 amide bonds. The number of urea groups is 1. The Morgan fingerprint density at radius 1 is 1.32 bits per heavy atom.